The van der Waals surface area contributed by atoms with Crippen molar-refractivity contribution in [1.82, 2.24) is 10.3 Å². The first kappa shape index (κ1) is 21.1. The van der Waals surface area contributed by atoms with Crippen molar-refractivity contribution in [2.24, 2.45) is 16.7 Å². The molecule has 0 bridgehead atoms. The number of amides is 1. The first-order valence-corrected chi connectivity index (χ1v) is 12.3. The number of nitrogens with one attached hydrogen (secondary N) is 1. The van der Waals surface area contributed by atoms with E-state index in [-0.39, 0.29) is 29.8 Å². The number of rotatable bonds is 5. The predicted octanol–water partition coefficient (Wildman–Crippen LogP) is 3.89. The fourth-order valence-corrected chi connectivity index (χ4v) is 7.22. The smallest absolute Gasteiger partial charge is 0.220 e. The van der Waals surface area contributed by atoms with Crippen molar-refractivity contribution < 1.29 is 15.0 Å². The Morgan fingerprint density at radius 1 is 1.23 bits per heavy atom. The molecule has 1 aromatic heterocycles. The Morgan fingerprint density at radius 2 is 1.97 bits per heavy atom. The summed E-state index contributed by atoms with van der Waals surface area (Å²) < 4.78 is 0. The van der Waals surface area contributed by atoms with Gasteiger partial charge >= 0.3 is 0 Å². The van der Waals surface area contributed by atoms with Crippen molar-refractivity contribution in [3.63, 3.8) is 0 Å². The van der Waals surface area contributed by atoms with Crippen molar-refractivity contribution in [3.05, 3.63) is 40.9 Å². The molecule has 1 amide bonds. The summed E-state index contributed by atoms with van der Waals surface area (Å²) in [6.07, 6.45) is 4.33. The minimum absolute atomic E-state index is 0.00733. The standard InChI is InChI=1S/C25H32N2O3S/c1-24-11-10-20(29)25(2,14-28)19(24)13-18-22(17(24)12-21(30)26-16-8-9-16)27-23(31-18)15-6-4-3-5-7-15/h3-7,16-17,19-20,28-29H,8-14H2,1-2H3,(H,26,30). The molecular formula is C25H32N2O3S. The van der Waals surface area contributed by atoms with Crippen LogP contribution in [0.15, 0.2) is 30.3 Å². The molecule has 5 unspecified atom stereocenters. The lowest BCUT2D eigenvalue weighted by Gasteiger charge is -2.58. The van der Waals surface area contributed by atoms with E-state index in [9.17, 15) is 15.0 Å². The minimum Gasteiger partial charge on any atom is -0.396 e. The van der Waals surface area contributed by atoms with E-state index < -0.39 is 11.5 Å². The summed E-state index contributed by atoms with van der Waals surface area (Å²) in [7, 11) is 0. The van der Waals surface area contributed by atoms with Crippen LogP contribution in [0.5, 0.6) is 0 Å². The van der Waals surface area contributed by atoms with Crippen LogP contribution in [0.3, 0.4) is 0 Å². The summed E-state index contributed by atoms with van der Waals surface area (Å²) in [5, 5.41) is 25.4. The average molecular weight is 441 g/mol. The first-order chi connectivity index (χ1) is 14.8. The Balaban J connectivity index is 1.58. The lowest BCUT2D eigenvalue weighted by molar-refractivity contribution is -0.144. The molecule has 2 saturated carbocycles. The SMILES string of the molecule is CC1(CO)C(O)CCC2(C)C(CC(=O)NC3CC3)c3nc(-c4ccccc4)sc3CC12. The van der Waals surface area contributed by atoms with Gasteiger partial charge in [-0.1, -0.05) is 44.2 Å². The molecule has 3 N–H and O–H groups in total. The molecule has 166 valence electrons. The van der Waals surface area contributed by atoms with E-state index in [1.165, 1.54) is 4.88 Å². The number of aliphatic hydroxyl groups excluding tert-OH is 2. The van der Waals surface area contributed by atoms with Crippen LogP contribution in [0.25, 0.3) is 10.6 Å². The molecular weight excluding hydrogens is 408 g/mol. The second-order valence-corrected chi connectivity index (χ2v) is 11.4. The van der Waals surface area contributed by atoms with Crippen molar-refractivity contribution in [1.29, 1.82) is 0 Å². The van der Waals surface area contributed by atoms with Crippen molar-refractivity contribution in [2.45, 2.75) is 70.4 Å². The second-order valence-electron chi connectivity index (χ2n) is 10.3. The third kappa shape index (κ3) is 3.53. The van der Waals surface area contributed by atoms with E-state index in [2.05, 4.69) is 24.4 Å². The van der Waals surface area contributed by atoms with E-state index in [0.717, 1.165) is 41.9 Å². The lowest BCUT2D eigenvalue weighted by Crippen LogP contribution is -2.57. The second kappa shape index (κ2) is 7.68. The molecule has 5 atom stereocenters. The summed E-state index contributed by atoms with van der Waals surface area (Å²) >= 11 is 1.71. The molecule has 2 fully saturated rings. The van der Waals surface area contributed by atoms with Crippen LogP contribution in [0, 0.1) is 16.7 Å². The molecule has 0 saturated heterocycles. The number of carbonyl (C=O) groups is 1. The number of aromatic nitrogens is 1. The van der Waals surface area contributed by atoms with Crippen LogP contribution in [0.2, 0.25) is 0 Å². The third-order valence-electron chi connectivity index (χ3n) is 8.25. The zero-order valence-corrected chi connectivity index (χ0v) is 19.1. The van der Waals surface area contributed by atoms with Gasteiger partial charge in [-0.25, -0.2) is 4.98 Å². The number of fused-ring (bicyclic) bond motifs is 2. The quantitative estimate of drug-likeness (QED) is 0.659. The number of carbonyl (C=O) groups excluding carboxylic acids is 1. The van der Waals surface area contributed by atoms with E-state index >= 15 is 0 Å². The molecule has 2 aromatic rings. The summed E-state index contributed by atoms with van der Waals surface area (Å²) in [5.74, 6) is 0.197. The molecule has 0 aliphatic heterocycles. The molecule has 1 heterocycles. The Kier molecular flexibility index (Phi) is 5.23. The van der Waals surface area contributed by atoms with Gasteiger partial charge in [0.15, 0.2) is 0 Å². The maximum Gasteiger partial charge on any atom is 0.220 e. The fourth-order valence-electron chi connectivity index (χ4n) is 6.05. The maximum absolute atomic E-state index is 12.9. The van der Waals surface area contributed by atoms with E-state index in [0.29, 0.717) is 18.9 Å². The number of benzene rings is 1. The minimum atomic E-state index is -0.577. The summed E-state index contributed by atoms with van der Waals surface area (Å²) in [6, 6.07) is 10.6. The number of thiazole rings is 1. The first-order valence-electron chi connectivity index (χ1n) is 11.5. The summed E-state index contributed by atoms with van der Waals surface area (Å²) in [6.45, 7) is 4.23. The van der Waals surface area contributed by atoms with Crippen molar-refractivity contribution >= 4 is 17.2 Å². The Labute approximate surface area is 187 Å². The third-order valence-corrected chi connectivity index (χ3v) is 9.39. The van der Waals surface area contributed by atoms with Crippen LogP contribution < -0.4 is 5.32 Å². The van der Waals surface area contributed by atoms with Crippen molar-refractivity contribution in [2.75, 3.05) is 6.61 Å². The van der Waals surface area contributed by atoms with Crippen molar-refractivity contribution in [3.8, 4) is 10.6 Å². The molecule has 0 radical (unpaired) electrons. The Morgan fingerprint density at radius 3 is 2.65 bits per heavy atom. The molecule has 3 aliphatic rings. The molecule has 0 spiro atoms. The van der Waals surface area contributed by atoms with Gasteiger partial charge in [-0.15, -0.1) is 11.3 Å². The predicted molar refractivity (Wildman–Crippen MR) is 122 cm³/mol. The van der Waals surface area contributed by atoms with Crippen LogP contribution in [0.4, 0.5) is 0 Å². The van der Waals surface area contributed by atoms with Gasteiger partial charge in [-0.05, 0) is 43.4 Å². The van der Waals surface area contributed by atoms with Crippen LogP contribution in [-0.4, -0.2) is 39.9 Å². The van der Waals surface area contributed by atoms with E-state index in [1.54, 1.807) is 11.3 Å². The van der Waals surface area contributed by atoms with Gasteiger partial charge in [0.2, 0.25) is 5.91 Å². The van der Waals surface area contributed by atoms with Gasteiger partial charge in [0.25, 0.3) is 0 Å². The van der Waals surface area contributed by atoms with Gasteiger partial charge < -0.3 is 15.5 Å². The molecule has 31 heavy (non-hydrogen) atoms. The summed E-state index contributed by atoms with van der Waals surface area (Å²) in [5.41, 5.74) is 1.39. The van der Waals surface area contributed by atoms with Gasteiger partial charge in [0, 0.05) is 34.2 Å². The molecule has 1 aromatic carbocycles. The lowest BCUT2D eigenvalue weighted by atomic mass is 9.47. The van der Waals surface area contributed by atoms with Crippen LogP contribution in [-0.2, 0) is 11.2 Å². The zero-order chi connectivity index (χ0) is 21.8. The summed E-state index contributed by atoms with van der Waals surface area (Å²) in [4.78, 5) is 19.2. The Bertz CT molecular complexity index is 972. The molecule has 5 nitrogen and oxygen atoms in total. The fraction of sp³-hybridized carbons (Fsp3) is 0.600. The van der Waals surface area contributed by atoms with Gasteiger partial charge in [-0.3, -0.25) is 4.79 Å². The largest absolute Gasteiger partial charge is 0.396 e. The highest BCUT2D eigenvalue weighted by Gasteiger charge is 2.59. The van der Waals surface area contributed by atoms with E-state index in [1.807, 2.05) is 25.1 Å². The van der Waals surface area contributed by atoms with Gasteiger partial charge in [0.1, 0.15) is 5.01 Å². The van der Waals surface area contributed by atoms with Crippen LogP contribution in [0.1, 0.15) is 62.4 Å². The average Bonchev–Trinajstić information content (AvgIpc) is 3.48. The molecule has 5 rings (SSSR count). The molecule has 3 aliphatic carbocycles. The number of nitrogens with zero attached hydrogens (tertiary/aromatic N) is 1. The normalized spacial score (nSPS) is 34.6. The zero-order valence-electron chi connectivity index (χ0n) is 18.3. The van der Waals surface area contributed by atoms with Gasteiger partial charge in [0.05, 0.1) is 18.4 Å². The van der Waals surface area contributed by atoms with Crippen LogP contribution >= 0.6 is 11.3 Å². The highest BCUT2D eigenvalue weighted by molar-refractivity contribution is 7.15. The van der Waals surface area contributed by atoms with Gasteiger partial charge in [-0.2, -0.15) is 0 Å². The number of hydrogen-bond donors (Lipinski definition) is 3. The number of hydrogen-bond acceptors (Lipinski definition) is 5. The Hall–Kier alpha value is -1.76. The monoisotopic (exact) mass is 440 g/mol. The highest BCUT2D eigenvalue weighted by Crippen LogP contribution is 2.62. The highest BCUT2D eigenvalue weighted by atomic mass is 32.1. The maximum atomic E-state index is 12.9. The topological polar surface area (TPSA) is 82.5 Å². The molecule has 6 heteroatoms. The van der Waals surface area contributed by atoms with E-state index in [4.69, 9.17) is 4.98 Å². The number of aliphatic hydroxyl groups is 2.